The van der Waals surface area contributed by atoms with E-state index in [1.54, 1.807) is 16.5 Å². The highest BCUT2D eigenvalue weighted by atomic mass is 32.1. The molecule has 2 aromatic rings. The monoisotopic (exact) mass is 349 g/mol. The molecule has 1 saturated heterocycles. The molecule has 0 radical (unpaired) electrons. The van der Waals surface area contributed by atoms with Crippen LogP contribution in [0, 0.1) is 0 Å². The van der Waals surface area contributed by atoms with Gasteiger partial charge in [0.2, 0.25) is 11.0 Å². The molecule has 1 N–H and O–H groups in total. The number of nitrogens with zero attached hydrogens (tertiary/aromatic N) is 4. The van der Waals surface area contributed by atoms with E-state index in [0.717, 1.165) is 12.2 Å². The molecule has 0 spiro atoms. The Kier molecular flexibility index (Phi) is 5.21. The lowest BCUT2D eigenvalue weighted by atomic mass is 10.3. The third-order valence-electron chi connectivity index (χ3n) is 3.85. The van der Waals surface area contributed by atoms with Crippen LogP contribution in [-0.4, -0.2) is 64.5 Å². The third kappa shape index (κ3) is 3.98. The predicted molar refractivity (Wildman–Crippen MR) is 89.0 cm³/mol. The van der Waals surface area contributed by atoms with Gasteiger partial charge < -0.3 is 9.32 Å². The molecule has 0 atom stereocenters. The van der Waals surface area contributed by atoms with Gasteiger partial charge in [0.25, 0.3) is 5.91 Å². The van der Waals surface area contributed by atoms with E-state index in [9.17, 15) is 9.59 Å². The number of hydrogen-bond acceptors (Lipinski definition) is 7. The molecule has 0 bridgehead atoms. The van der Waals surface area contributed by atoms with Gasteiger partial charge in [0.05, 0.1) is 6.54 Å². The zero-order valence-electron chi connectivity index (χ0n) is 13.4. The van der Waals surface area contributed by atoms with Gasteiger partial charge in [-0.3, -0.25) is 19.8 Å². The Morgan fingerprint density at radius 3 is 2.71 bits per heavy atom. The van der Waals surface area contributed by atoms with Crippen LogP contribution < -0.4 is 5.32 Å². The molecule has 3 rings (SSSR count). The van der Waals surface area contributed by atoms with Crippen molar-refractivity contribution in [2.45, 2.75) is 13.3 Å². The van der Waals surface area contributed by atoms with E-state index in [-0.39, 0.29) is 18.4 Å². The number of furan rings is 1. The third-order valence-corrected chi connectivity index (χ3v) is 4.46. The molecule has 2 amide bonds. The number of hydrogen-bond donors (Lipinski definition) is 1. The Morgan fingerprint density at radius 1 is 1.29 bits per heavy atom. The number of nitrogens with one attached hydrogen (secondary N) is 1. The molecule has 8 nitrogen and oxygen atoms in total. The summed E-state index contributed by atoms with van der Waals surface area (Å²) >= 11 is 1.28. The van der Waals surface area contributed by atoms with Crippen LogP contribution in [-0.2, 0) is 11.2 Å². The zero-order valence-corrected chi connectivity index (χ0v) is 14.2. The van der Waals surface area contributed by atoms with Crippen molar-refractivity contribution in [3.05, 3.63) is 29.2 Å². The fraction of sp³-hybridized carbons (Fsp3) is 0.467. The molecule has 1 aliphatic rings. The minimum Gasteiger partial charge on any atom is -0.456 e. The van der Waals surface area contributed by atoms with Crippen LogP contribution >= 0.6 is 11.3 Å². The van der Waals surface area contributed by atoms with Crippen LogP contribution in [0.25, 0.3) is 0 Å². The van der Waals surface area contributed by atoms with Gasteiger partial charge in [-0.05, 0) is 12.1 Å². The number of aromatic nitrogens is 2. The topological polar surface area (TPSA) is 91.6 Å². The minimum atomic E-state index is -0.120. The average Bonchev–Trinajstić information content (AvgIpc) is 3.26. The van der Waals surface area contributed by atoms with Gasteiger partial charge in [-0.2, -0.15) is 0 Å². The second kappa shape index (κ2) is 7.54. The Balaban J connectivity index is 1.46. The predicted octanol–water partition coefficient (Wildman–Crippen LogP) is 1.09. The SMILES string of the molecule is CCc1ccc(C(=O)N2CCN(CC(=O)Nc3nncs3)CC2)o1. The number of anilines is 1. The molecule has 2 aromatic heterocycles. The molecule has 24 heavy (non-hydrogen) atoms. The summed E-state index contributed by atoms with van der Waals surface area (Å²) in [5.41, 5.74) is 1.57. The molecule has 1 fully saturated rings. The van der Waals surface area contributed by atoms with Crippen molar-refractivity contribution < 1.29 is 14.0 Å². The molecule has 9 heteroatoms. The van der Waals surface area contributed by atoms with E-state index in [0.29, 0.717) is 37.1 Å². The zero-order chi connectivity index (χ0) is 16.9. The Bertz CT molecular complexity index is 692. The number of carbonyl (C=O) groups excluding carboxylic acids is 2. The molecule has 1 aliphatic heterocycles. The lowest BCUT2D eigenvalue weighted by Crippen LogP contribution is -2.50. The van der Waals surface area contributed by atoms with Crippen LogP contribution in [0.5, 0.6) is 0 Å². The van der Waals surface area contributed by atoms with E-state index in [1.807, 2.05) is 17.9 Å². The first-order valence-corrected chi connectivity index (χ1v) is 8.70. The summed E-state index contributed by atoms with van der Waals surface area (Å²) in [6.07, 6.45) is 0.769. The molecule has 128 valence electrons. The van der Waals surface area contributed by atoms with Crippen molar-refractivity contribution in [3.63, 3.8) is 0 Å². The molecule has 0 unspecified atom stereocenters. The maximum Gasteiger partial charge on any atom is 0.289 e. The molecular weight excluding hydrogens is 330 g/mol. The molecular formula is C15H19N5O3S. The quantitative estimate of drug-likeness (QED) is 0.869. The number of rotatable bonds is 5. The number of piperazine rings is 1. The van der Waals surface area contributed by atoms with E-state index in [2.05, 4.69) is 15.5 Å². The fourth-order valence-corrected chi connectivity index (χ4v) is 3.00. The molecule has 3 heterocycles. The largest absolute Gasteiger partial charge is 0.456 e. The number of carbonyl (C=O) groups is 2. The van der Waals surface area contributed by atoms with Crippen LogP contribution in [0.2, 0.25) is 0 Å². The average molecular weight is 349 g/mol. The summed E-state index contributed by atoms with van der Waals surface area (Å²) < 4.78 is 5.52. The van der Waals surface area contributed by atoms with Crippen molar-refractivity contribution in [2.24, 2.45) is 0 Å². The minimum absolute atomic E-state index is 0.0901. The first-order valence-electron chi connectivity index (χ1n) is 7.82. The van der Waals surface area contributed by atoms with Gasteiger partial charge >= 0.3 is 0 Å². The summed E-state index contributed by atoms with van der Waals surface area (Å²) in [5, 5.41) is 10.7. The van der Waals surface area contributed by atoms with Crippen molar-refractivity contribution >= 4 is 28.3 Å². The van der Waals surface area contributed by atoms with Gasteiger partial charge in [0.1, 0.15) is 11.3 Å². The Morgan fingerprint density at radius 2 is 2.08 bits per heavy atom. The van der Waals surface area contributed by atoms with Crippen LogP contribution in [0.1, 0.15) is 23.2 Å². The van der Waals surface area contributed by atoms with Crippen molar-refractivity contribution in [3.8, 4) is 0 Å². The summed E-state index contributed by atoms with van der Waals surface area (Å²) in [4.78, 5) is 28.1. The van der Waals surface area contributed by atoms with Gasteiger partial charge in [0.15, 0.2) is 5.76 Å². The van der Waals surface area contributed by atoms with E-state index in [1.165, 1.54) is 11.3 Å². The smallest absolute Gasteiger partial charge is 0.289 e. The normalized spacial score (nSPS) is 15.5. The molecule has 0 aromatic carbocycles. The van der Waals surface area contributed by atoms with Gasteiger partial charge in [-0.25, -0.2) is 0 Å². The molecule has 0 saturated carbocycles. The van der Waals surface area contributed by atoms with Gasteiger partial charge in [-0.15, -0.1) is 10.2 Å². The van der Waals surface area contributed by atoms with Crippen molar-refractivity contribution in [2.75, 3.05) is 38.0 Å². The first-order chi connectivity index (χ1) is 11.7. The summed E-state index contributed by atoms with van der Waals surface area (Å²) in [7, 11) is 0. The maximum absolute atomic E-state index is 12.4. The highest BCUT2D eigenvalue weighted by Crippen LogP contribution is 2.13. The maximum atomic E-state index is 12.4. The molecule has 0 aliphatic carbocycles. The van der Waals surface area contributed by atoms with E-state index in [4.69, 9.17) is 4.42 Å². The fourth-order valence-electron chi connectivity index (χ4n) is 2.54. The number of aryl methyl sites for hydroxylation is 1. The van der Waals surface area contributed by atoms with Crippen LogP contribution in [0.15, 0.2) is 22.1 Å². The first kappa shape index (κ1) is 16.6. The Labute approximate surface area is 143 Å². The van der Waals surface area contributed by atoms with Crippen LogP contribution in [0.4, 0.5) is 5.13 Å². The van der Waals surface area contributed by atoms with E-state index < -0.39 is 0 Å². The standard InChI is InChI=1S/C15H19N5O3S/c1-2-11-3-4-12(23-11)14(22)20-7-5-19(6-8-20)9-13(21)17-15-18-16-10-24-15/h3-4,10H,2,5-9H2,1H3,(H,17,18,21). The summed E-state index contributed by atoms with van der Waals surface area (Å²) in [6, 6.07) is 3.56. The highest BCUT2D eigenvalue weighted by Gasteiger charge is 2.25. The Hall–Kier alpha value is -2.26. The van der Waals surface area contributed by atoms with Gasteiger partial charge in [-0.1, -0.05) is 18.3 Å². The summed E-state index contributed by atoms with van der Waals surface area (Å²) in [6.45, 7) is 4.72. The van der Waals surface area contributed by atoms with Crippen molar-refractivity contribution in [1.82, 2.24) is 20.0 Å². The highest BCUT2D eigenvalue weighted by molar-refractivity contribution is 7.13. The second-order valence-corrected chi connectivity index (χ2v) is 6.31. The summed E-state index contributed by atoms with van der Waals surface area (Å²) in [5.74, 6) is 0.984. The lowest BCUT2D eigenvalue weighted by molar-refractivity contribution is -0.117. The van der Waals surface area contributed by atoms with Crippen LogP contribution in [0.3, 0.4) is 0 Å². The second-order valence-electron chi connectivity index (χ2n) is 5.48. The lowest BCUT2D eigenvalue weighted by Gasteiger charge is -2.33. The number of amides is 2. The van der Waals surface area contributed by atoms with E-state index >= 15 is 0 Å². The van der Waals surface area contributed by atoms with Gasteiger partial charge in [0, 0.05) is 32.6 Å². The van der Waals surface area contributed by atoms with Crippen molar-refractivity contribution in [1.29, 1.82) is 0 Å².